The normalized spacial score (nSPS) is 12.8. The summed E-state index contributed by atoms with van der Waals surface area (Å²) in [4.78, 5) is 21.3. The molecule has 0 saturated heterocycles. The molecule has 0 saturated carbocycles. The summed E-state index contributed by atoms with van der Waals surface area (Å²) in [6.07, 6.45) is 1.43. The van der Waals surface area contributed by atoms with Crippen molar-refractivity contribution < 1.29 is 9.59 Å². The Morgan fingerprint density at radius 2 is 1.89 bits per heavy atom. The first-order chi connectivity index (χ1) is 8.90. The van der Waals surface area contributed by atoms with Crippen molar-refractivity contribution in [2.75, 3.05) is 6.54 Å². The van der Waals surface area contributed by atoms with E-state index in [1.54, 1.807) is 0 Å². The van der Waals surface area contributed by atoms with Gasteiger partial charge in [-0.1, -0.05) is 52.0 Å². The van der Waals surface area contributed by atoms with E-state index in [0.717, 1.165) is 12.0 Å². The second kappa shape index (κ2) is 6.50. The van der Waals surface area contributed by atoms with E-state index in [-0.39, 0.29) is 5.41 Å². The van der Waals surface area contributed by atoms with Gasteiger partial charge in [-0.3, -0.25) is 9.59 Å². The maximum absolute atomic E-state index is 11.0. The molecule has 1 atom stereocenters. The predicted octanol–water partition coefficient (Wildman–Crippen LogP) is 2.79. The molecule has 1 unspecified atom stereocenters. The Morgan fingerprint density at radius 3 is 2.37 bits per heavy atom. The van der Waals surface area contributed by atoms with Crippen molar-refractivity contribution in [3.05, 3.63) is 35.4 Å². The first-order valence-electron chi connectivity index (χ1n) is 6.74. The zero-order chi connectivity index (χ0) is 14.5. The highest BCUT2D eigenvalue weighted by Gasteiger charge is 2.21. The minimum Gasteiger partial charge on any atom is -0.349 e. The number of benzene rings is 1. The van der Waals surface area contributed by atoms with Crippen LogP contribution >= 0.6 is 0 Å². The van der Waals surface area contributed by atoms with E-state index >= 15 is 0 Å². The molecule has 0 fully saturated rings. The van der Waals surface area contributed by atoms with Gasteiger partial charge < -0.3 is 5.32 Å². The number of carbonyl (C=O) groups excluding carboxylic acids is 2. The number of nitrogens with one attached hydrogen (secondary N) is 1. The second-order valence-electron chi connectivity index (χ2n) is 5.65. The van der Waals surface area contributed by atoms with Crippen LogP contribution in [-0.2, 0) is 15.0 Å². The molecule has 19 heavy (non-hydrogen) atoms. The molecule has 0 spiro atoms. The van der Waals surface area contributed by atoms with Gasteiger partial charge in [-0.25, -0.2) is 0 Å². The van der Waals surface area contributed by atoms with Crippen LogP contribution in [0.4, 0.5) is 0 Å². The van der Waals surface area contributed by atoms with Gasteiger partial charge in [0, 0.05) is 12.0 Å². The molecule has 1 N–H and O–H groups in total. The van der Waals surface area contributed by atoms with E-state index in [1.807, 2.05) is 0 Å². The topological polar surface area (TPSA) is 46.2 Å². The number of rotatable bonds is 6. The molecule has 3 heteroatoms. The average molecular weight is 261 g/mol. The lowest BCUT2D eigenvalue weighted by molar-refractivity contribution is -0.131. The predicted molar refractivity (Wildman–Crippen MR) is 77.2 cm³/mol. The van der Waals surface area contributed by atoms with Crippen molar-refractivity contribution in [2.24, 2.45) is 0 Å². The molecule has 0 bridgehead atoms. The van der Waals surface area contributed by atoms with Gasteiger partial charge in [0.1, 0.15) is 0 Å². The molecule has 104 valence electrons. The van der Waals surface area contributed by atoms with E-state index < -0.39 is 5.91 Å². The maximum atomic E-state index is 11.0. The van der Waals surface area contributed by atoms with E-state index in [2.05, 4.69) is 57.3 Å². The first kappa shape index (κ1) is 15.4. The van der Waals surface area contributed by atoms with Crippen molar-refractivity contribution in [3.63, 3.8) is 0 Å². The summed E-state index contributed by atoms with van der Waals surface area (Å²) in [6, 6.07) is 8.50. The van der Waals surface area contributed by atoms with Crippen LogP contribution in [0.2, 0.25) is 0 Å². The third kappa shape index (κ3) is 4.19. The van der Waals surface area contributed by atoms with Crippen molar-refractivity contribution in [2.45, 2.75) is 45.4 Å². The van der Waals surface area contributed by atoms with E-state index in [1.165, 1.54) is 5.56 Å². The highest BCUT2D eigenvalue weighted by atomic mass is 16.2. The fourth-order valence-electron chi connectivity index (χ4n) is 1.95. The molecule has 1 amide bonds. The summed E-state index contributed by atoms with van der Waals surface area (Å²) in [6.45, 7) is 8.95. The summed E-state index contributed by atoms with van der Waals surface area (Å²) in [5.74, 6) is -0.00349. The van der Waals surface area contributed by atoms with Crippen LogP contribution in [0.5, 0.6) is 0 Å². The van der Waals surface area contributed by atoms with Crippen molar-refractivity contribution in [3.8, 4) is 0 Å². The minimum absolute atomic E-state index is 0.188. The minimum atomic E-state index is -0.565. The molecule has 0 radical (unpaired) electrons. The second-order valence-corrected chi connectivity index (χ2v) is 5.65. The molecule has 0 aliphatic rings. The molecule has 0 heterocycles. The Hall–Kier alpha value is -1.64. The fourth-order valence-corrected chi connectivity index (χ4v) is 1.95. The molecular formula is C16H23NO2. The van der Waals surface area contributed by atoms with Crippen LogP contribution in [-0.4, -0.2) is 18.7 Å². The van der Waals surface area contributed by atoms with Crippen molar-refractivity contribution >= 4 is 12.2 Å². The summed E-state index contributed by atoms with van der Waals surface area (Å²) in [5.41, 5.74) is 2.30. The zero-order valence-electron chi connectivity index (χ0n) is 12.2. The van der Waals surface area contributed by atoms with Crippen molar-refractivity contribution in [1.29, 1.82) is 0 Å². The largest absolute Gasteiger partial charge is 0.349 e. The van der Waals surface area contributed by atoms with Gasteiger partial charge in [0.15, 0.2) is 0 Å². The lowest BCUT2D eigenvalue weighted by Crippen LogP contribution is -2.37. The zero-order valence-corrected chi connectivity index (χ0v) is 12.2. The SMILES string of the molecule is CCC(C)c1ccc(C(C)(C)CNC(=O)C=O)cc1. The Bertz CT molecular complexity index is 435. The third-order valence-corrected chi connectivity index (χ3v) is 3.69. The molecule has 1 aromatic rings. The lowest BCUT2D eigenvalue weighted by Gasteiger charge is -2.25. The molecule has 3 nitrogen and oxygen atoms in total. The highest BCUT2D eigenvalue weighted by Crippen LogP contribution is 2.25. The average Bonchev–Trinajstić information content (AvgIpc) is 2.44. The smallest absolute Gasteiger partial charge is 0.284 e. The molecule has 0 aliphatic carbocycles. The molecule has 1 rings (SSSR count). The van der Waals surface area contributed by atoms with E-state index in [0.29, 0.717) is 18.7 Å². The Labute approximate surface area is 115 Å². The van der Waals surface area contributed by atoms with E-state index in [4.69, 9.17) is 0 Å². The molecule has 0 aliphatic heterocycles. The summed E-state index contributed by atoms with van der Waals surface area (Å²) in [5, 5.41) is 2.61. The van der Waals surface area contributed by atoms with Crippen LogP contribution in [0.15, 0.2) is 24.3 Å². The van der Waals surface area contributed by atoms with Gasteiger partial charge in [-0.05, 0) is 23.5 Å². The monoisotopic (exact) mass is 261 g/mol. The standard InChI is InChI=1S/C16H23NO2/c1-5-12(2)13-6-8-14(9-7-13)16(3,4)11-17-15(19)10-18/h6-10,12H,5,11H2,1-4H3,(H,17,19). The quantitative estimate of drug-likeness (QED) is 0.632. The van der Waals surface area contributed by atoms with Gasteiger partial charge in [0.2, 0.25) is 6.29 Å². The molecule has 0 aromatic heterocycles. The summed E-state index contributed by atoms with van der Waals surface area (Å²) < 4.78 is 0. The first-order valence-corrected chi connectivity index (χ1v) is 6.74. The number of aldehydes is 1. The summed E-state index contributed by atoms with van der Waals surface area (Å²) >= 11 is 0. The third-order valence-electron chi connectivity index (χ3n) is 3.69. The fraction of sp³-hybridized carbons (Fsp3) is 0.500. The Kier molecular flexibility index (Phi) is 5.28. The Balaban J connectivity index is 2.78. The number of carbonyl (C=O) groups is 2. The van der Waals surface area contributed by atoms with Gasteiger partial charge in [0.25, 0.3) is 5.91 Å². The van der Waals surface area contributed by atoms with Gasteiger partial charge >= 0.3 is 0 Å². The van der Waals surface area contributed by atoms with Crippen LogP contribution < -0.4 is 5.32 Å². The molecular weight excluding hydrogens is 238 g/mol. The highest BCUT2D eigenvalue weighted by molar-refractivity contribution is 6.23. The lowest BCUT2D eigenvalue weighted by atomic mass is 9.83. The maximum Gasteiger partial charge on any atom is 0.284 e. The van der Waals surface area contributed by atoms with Crippen molar-refractivity contribution in [1.82, 2.24) is 5.32 Å². The Morgan fingerprint density at radius 1 is 1.32 bits per heavy atom. The number of hydrogen-bond acceptors (Lipinski definition) is 2. The number of hydrogen-bond donors (Lipinski definition) is 1. The van der Waals surface area contributed by atoms with Crippen LogP contribution in [0.3, 0.4) is 0 Å². The van der Waals surface area contributed by atoms with Gasteiger partial charge in [0.05, 0.1) is 0 Å². The van der Waals surface area contributed by atoms with Gasteiger partial charge in [-0.2, -0.15) is 0 Å². The number of amides is 1. The van der Waals surface area contributed by atoms with Crippen LogP contribution in [0.1, 0.15) is 51.2 Å². The van der Waals surface area contributed by atoms with Crippen LogP contribution in [0.25, 0.3) is 0 Å². The molecule has 1 aromatic carbocycles. The van der Waals surface area contributed by atoms with Crippen LogP contribution in [0, 0.1) is 0 Å². The van der Waals surface area contributed by atoms with E-state index in [9.17, 15) is 9.59 Å². The van der Waals surface area contributed by atoms with Gasteiger partial charge in [-0.15, -0.1) is 0 Å². The summed E-state index contributed by atoms with van der Waals surface area (Å²) in [7, 11) is 0.